The fourth-order valence-electron chi connectivity index (χ4n) is 3.67. The van der Waals surface area contributed by atoms with Crippen molar-refractivity contribution in [2.24, 2.45) is 0 Å². The summed E-state index contributed by atoms with van der Waals surface area (Å²) in [6.45, 7) is 2.67. The molecule has 0 unspecified atom stereocenters. The minimum atomic E-state index is 0.0293. The molecule has 0 radical (unpaired) electrons. The molecule has 1 saturated heterocycles. The lowest BCUT2D eigenvalue weighted by atomic mass is 10.1. The van der Waals surface area contributed by atoms with Gasteiger partial charge in [0.25, 0.3) is 5.91 Å². The van der Waals surface area contributed by atoms with Crippen LogP contribution in [0.15, 0.2) is 79.4 Å². The number of hydrogen-bond acceptors (Lipinski definition) is 7. The van der Waals surface area contributed by atoms with E-state index >= 15 is 0 Å². The van der Waals surface area contributed by atoms with Gasteiger partial charge in [0.05, 0.1) is 5.69 Å². The molecule has 1 aliphatic rings. The van der Waals surface area contributed by atoms with Crippen LogP contribution in [0.1, 0.15) is 10.4 Å². The number of nitrogens with one attached hydrogen (secondary N) is 1. The summed E-state index contributed by atoms with van der Waals surface area (Å²) in [5.41, 5.74) is 2.44. The van der Waals surface area contributed by atoms with Crippen molar-refractivity contribution in [1.82, 2.24) is 29.9 Å². The highest BCUT2D eigenvalue weighted by molar-refractivity contribution is 5.95. The van der Waals surface area contributed by atoms with Gasteiger partial charge in [0, 0.05) is 62.2 Å². The quantitative estimate of drug-likeness (QED) is 0.525. The lowest BCUT2D eigenvalue weighted by molar-refractivity contribution is 0.0746. The van der Waals surface area contributed by atoms with Crippen LogP contribution in [0.3, 0.4) is 0 Å². The fourth-order valence-corrected chi connectivity index (χ4v) is 3.67. The van der Waals surface area contributed by atoms with Crippen molar-refractivity contribution in [1.29, 1.82) is 0 Å². The molecular weight excluding hydrogens is 404 g/mol. The predicted octanol–water partition coefficient (Wildman–Crippen LogP) is 2.76. The molecule has 160 valence electrons. The first-order valence-electron chi connectivity index (χ1n) is 10.4. The second-order valence-corrected chi connectivity index (χ2v) is 7.42. The molecule has 4 aromatic rings. The van der Waals surface area contributed by atoms with Crippen molar-refractivity contribution in [3.8, 4) is 5.69 Å². The molecule has 0 spiro atoms. The molecule has 3 aromatic heterocycles. The van der Waals surface area contributed by atoms with Crippen LogP contribution in [-0.2, 0) is 0 Å². The monoisotopic (exact) mass is 426 g/mol. The van der Waals surface area contributed by atoms with Gasteiger partial charge in [0.2, 0.25) is 0 Å². The molecule has 9 nitrogen and oxygen atoms in total. The maximum absolute atomic E-state index is 13.0. The first-order valence-corrected chi connectivity index (χ1v) is 10.4. The second-order valence-electron chi connectivity index (χ2n) is 7.42. The van der Waals surface area contributed by atoms with Crippen molar-refractivity contribution in [3.63, 3.8) is 0 Å². The lowest BCUT2D eigenvalue weighted by Crippen LogP contribution is -2.49. The van der Waals surface area contributed by atoms with Gasteiger partial charge in [-0.05, 0) is 48.5 Å². The smallest absolute Gasteiger partial charge is 0.254 e. The zero-order valence-corrected chi connectivity index (χ0v) is 17.4. The molecule has 0 bridgehead atoms. The molecule has 5 rings (SSSR count). The summed E-state index contributed by atoms with van der Waals surface area (Å²) in [7, 11) is 0. The van der Waals surface area contributed by atoms with Gasteiger partial charge >= 0.3 is 0 Å². The molecule has 4 heterocycles. The zero-order valence-electron chi connectivity index (χ0n) is 17.4. The third-order valence-electron chi connectivity index (χ3n) is 5.36. The van der Waals surface area contributed by atoms with Crippen molar-refractivity contribution in [2.45, 2.75) is 0 Å². The number of carbonyl (C=O) groups is 1. The number of piperazine rings is 1. The number of rotatable bonds is 5. The summed E-state index contributed by atoms with van der Waals surface area (Å²) in [6.07, 6.45) is 7.02. The van der Waals surface area contributed by atoms with Gasteiger partial charge in [-0.1, -0.05) is 6.07 Å². The molecule has 1 fully saturated rings. The normalized spacial score (nSPS) is 13.8. The molecule has 1 aliphatic heterocycles. The van der Waals surface area contributed by atoms with E-state index in [1.807, 2.05) is 65.7 Å². The van der Waals surface area contributed by atoms with Crippen LogP contribution < -0.4 is 10.2 Å². The van der Waals surface area contributed by atoms with E-state index in [9.17, 15) is 4.79 Å². The average molecular weight is 426 g/mol. The summed E-state index contributed by atoms with van der Waals surface area (Å²) < 4.78 is 1.75. The van der Waals surface area contributed by atoms with Gasteiger partial charge in [-0.25, -0.2) is 4.68 Å². The van der Waals surface area contributed by atoms with Crippen LogP contribution in [0.25, 0.3) is 5.69 Å². The number of nitrogens with zero attached hydrogens (tertiary/aromatic N) is 7. The maximum atomic E-state index is 13.0. The lowest BCUT2D eigenvalue weighted by Gasteiger charge is -2.35. The summed E-state index contributed by atoms with van der Waals surface area (Å²) >= 11 is 0. The topological polar surface area (TPSA) is 92.1 Å². The van der Waals surface area contributed by atoms with E-state index in [-0.39, 0.29) is 5.91 Å². The number of anilines is 3. The maximum Gasteiger partial charge on any atom is 0.254 e. The van der Waals surface area contributed by atoms with Crippen LogP contribution in [-0.4, -0.2) is 61.9 Å². The highest BCUT2D eigenvalue weighted by atomic mass is 16.2. The minimum Gasteiger partial charge on any atom is -0.352 e. The Morgan fingerprint density at radius 3 is 2.44 bits per heavy atom. The molecule has 0 atom stereocenters. The zero-order chi connectivity index (χ0) is 21.8. The first-order chi connectivity index (χ1) is 15.8. The van der Waals surface area contributed by atoms with Gasteiger partial charge in [0.15, 0.2) is 11.6 Å². The number of pyridine rings is 1. The Balaban J connectivity index is 1.20. The van der Waals surface area contributed by atoms with Crippen molar-refractivity contribution in [3.05, 3.63) is 84.9 Å². The number of aromatic nitrogens is 5. The Morgan fingerprint density at radius 1 is 0.875 bits per heavy atom. The van der Waals surface area contributed by atoms with Gasteiger partial charge < -0.3 is 15.1 Å². The second kappa shape index (κ2) is 8.84. The summed E-state index contributed by atoms with van der Waals surface area (Å²) in [5, 5.41) is 16.1. The Hall–Kier alpha value is -4.27. The number of benzene rings is 1. The van der Waals surface area contributed by atoms with Gasteiger partial charge in [0.1, 0.15) is 0 Å². The largest absolute Gasteiger partial charge is 0.352 e. The van der Waals surface area contributed by atoms with E-state index in [0.29, 0.717) is 37.6 Å². The van der Waals surface area contributed by atoms with Crippen molar-refractivity contribution in [2.75, 3.05) is 36.4 Å². The Morgan fingerprint density at radius 2 is 1.72 bits per heavy atom. The SMILES string of the molecule is O=C(c1cccc(-n2cccn2)c1)N1CCN(c2ccc(Nc3ccncc3)nn2)CC1. The van der Waals surface area contributed by atoms with Crippen LogP contribution in [0, 0.1) is 0 Å². The Kier molecular flexibility index (Phi) is 5.44. The predicted molar refractivity (Wildman–Crippen MR) is 121 cm³/mol. The third kappa shape index (κ3) is 4.27. The van der Waals surface area contributed by atoms with Crippen molar-refractivity contribution < 1.29 is 4.79 Å². The van der Waals surface area contributed by atoms with E-state index < -0.39 is 0 Å². The molecule has 1 amide bonds. The Bertz CT molecular complexity index is 1170. The van der Waals surface area contributed by atoms with E-state index in [0.717, 1.165) is 17.2 Å². The highest BCUT2D eigenvalue weighted by Gasteiger charge is 2.23. The standard InChI is InChI=1S/C23H22N8O/c32-23(18-3-1-4-20(17-18)31-12-2-9-25-31)30-15-13-29(14-16-30)22-6-5-21(27-28-22)26-19-7-10-24-11-8-19/h1-12,17H,13-16H2,(H,24,26,27). The molecule has 0 saturated carbocycles. The molecular formula is C23H22N8O. The fraction of sp³-hybridized carbons (Fsp3) is 0.174. The molecule has 1 aromatic carbocycles. The van der Waals surface area contributed by atoms with Crippen LogP contribution in [0.2, 0.25) is 0 Å². The molecule has 1 N–H and O–H groups in total. The van der Waals surface area contributed by atoms with Crippen LogP contribution in [0.4, 0.5) is 17.3 Å². The molecule has 9 heteroatoms. The van der Waals surface area contributed by atoms with E-state index in [1.54, 1.807) is 23.3 Å². The van der Waals surface area contributed by atoms with Gasteiger partial charge in [-0.15, -0.1) is 10.2 Å². The van der Waals surface area contributed by atoms with E-state index in [1.165, 1.54) is 0 Å². The third-order valence-corrected chi connectivity index (χ3v) is 5.36. The first kappa shape index (κ1) is 19.7. The van der Waals surface area contributed by atoms with E-state index in [2.05, 4.69) is 30.5 Å². The molecule has 0 aliphatic carbocycles. The average Bonchev–Trinajstić information content (AvgIpc) is 3.40. The summed E-state index contributed by atoms with van der Waals surface area (Å²) in [6, 6.07) is 17.0. The van der Waals surface area contributed by atoms with Crippen LogP contribution in [0.5, 0.6) is 0 Å². The molecule has 32 heavy (non-hydrogen) atoms. The van der Waals surface area contributed by atoms with Crippen LogP contribution >= 0.6 is 0 Å². The number of carbonyl (C=O) groups excluding carboxylic acids is 1. The highest BCUT2D eigenvalue weighted by Crippen LogP contribution is 2.18. The van der Waals surface area contributed by atoms with Gasteiger partial charge in [-0.2, -0.15) is 5.10 Å². The summed E-state index contributed by atoms with van der Waals surface area (Å²) in [4.78, 5) is 21.0. The summed E-state index contributed by atoms with van der Waals surface area (Å²) in [5.74, 6) is 1.51. The Labute approximate surface area is 185 Å². The minimum absolute atomic E-state index is 0.0293. The van der Waals surface area contributed by atoms with Gasteiger partial charge in [-0.3, -0.25) is 9.78 Å². The number of hydrogen-bond donors (Lipinski definition) is 1. The number of amides is 1. The van der Waals surface area contributed by atoms with Crippen molar-refractivity contribution >= 4 is 23.2 Å². The van der Waals surface area contributed by atoms with E-state index in [4.69, 9.17) is 0 Å².